The lowest BCUT2D eigenvalue weighted by atomic mass is 9.99. The number of hydrogen-bond donors (Lipinski definition) is 2. The average Bonchev–Trinajstić information content (AvgIpc) is 3.12. The zero-order valence-corrected chi connectivity index (χ0v) is 17.7. The lowest BCUT2D eigenvalue weighted by Gasteiger charge is -2.39. The number of anilines is 1. The van der Waals surface area contributed by atoms with Crippen molar-refractivity contribution in [3.8, 4) is 11.5 Å². The Morgan fingerprint density at radius 1 is 1.37 bits per heavy atom. The number of ether oxygens (including phenoxy) is 2. The molecule has 1 aromatic heterocycles. The Morgan fingerprint density at radius 2 is 2.10 bits per heavy atom. The predicted octanol–water partition coefficient (Wildman–Crippen LogP) is 2.43. The molecular weight excluding hydrogens is 382 g/mol. The number of likely N-dealkylation sites (N-methyl/N-ethyl adjacent to an activating group) is 1. The van der Waals surface area contributed by atoms with Crippen molar-refractivity contribution in [2.75, 3.05) is 39.7 Å². The first-order valence-electron chi connectivity index (χ1n) is 9.83. The van der Waals surface area contributed by atoms with Crippen LogP contribution in [0.25, 0.3) is 11.0 Å². The maximum atomic E-state index is 11.7. The van der Waals surface area contributed by atoms with Crippen molar-refractivity contribution in [3.63, 3.8) is 0 Å². The number of nitrogens with zero attached hydrogens (tertiary/aromatic N) is 3. The lowest BCUT2D eigenvalue weighted by molar-refractivity contribution is 0.0997. The number of methoxy groups -OCH3 is 1. The van der Waals surface area contributed by atoms with E-state index in [0.29, 0.717) is 23.4 Å². The zero-order valence-electron chi connectivity index (χ0n) is 17.7. The number of rotatable bonds is 7. The van der Waals surface area contributed by atoms with Crippen molar-refractivity contribution in [1.82, 2.24) is 14.5 Å². The molecule has 0 saturated heterocycles. The molecule has 1 aliphatic rings. The summed E-state index contributed by atoms with van der Waals surface area (Å²) in [5, 5.41) is 3.18. The second kappa shape index (κ2) is 7.53. The van der Waals surface area contributed by atoms with Crippen molar-refractivity contribution in [3.05, 3.63) is 47.5 Å². The summed E-state index contributed by atoms with van der Waals surface area (Å²) in [5.41, 5.74) is 8.28. The van der Waals surface area contributed by atoms with Gasteiger partial charge in [0.25, 0.3) is 0 Å². The highest BCUT2D eigenvalue weighted by atomic mass is 16.5. The fourth-order valence-electron chi connectivity index (χ4n) is 4.21. The number of carbonyl (C=O) groups excluding carboxylic acids is 1. The smallest absolute Gasteiger partial charge is 0.248 e. The Hall–Kier alpha value is -3.26. The van der Waals surface area contributed by atoms with Crippen molar-refractivity contribution in [2.24, 2.45) is 5.73 Å². The van der Waals surface area contributed by atoms with Crippen LogP contribution in [0, 0.1) is 0 Å². The van der Waals surface area contributed by atoms with E-state index in [9.17, 15) is 4.79 Å². The first-order chi connectivity index (χ1) is 14.3. The fourth-order valence-corrected chi connectivity index (χ4v) is 4.21. The highest BCUT2D eigenvalue weighted by molar-refractivity contribution is 5.99. The summed E-state index contributed by atoms with van der Waals surface area (Å²) in [5.74, 6) is 1.72. The van der Waals surface area contributed by atoms with Gasteiger partial charge in [-0.2, -0.15) is 0 Å². The van der Waals surface area contributed by atoms with Gasteiger partial charge in [0.05, 0.1) is 18.2 Å². The van der Waals surface area contributed by atoms with E-state index in [4.69, 9.17) is 15.2 Å². The van der Waals surface area contributed by atoms with Gasteiger partial charge in [-0.3, -0.25) is 14.3 Å². The van der Waals surface area contributed by atoms with Gasteiger partial charge in [0.1, 0.15) is 23.6 Å². The molecule has 2 aromatic carbocycles. The average molecular weight is 409 g/mol. The minimum absolute atomic E-state index is 0.352. The van der Waals surface area contributed by atoms with Crippen LogP contribution in [0.1, 0.15) is 22.8 Å². The van der Waals surface area contributed by atoms with E-state index in [0.717, 1.165) is 30.3 Å². The number of benzene rings is 2. The van der Waals surface area contributed by atoms with Crippen LogP contribution in [-0.4, -0.2) is 54.7 Å². The second-order valence-electron chi connectivity index (χ2n) is 8.03. The van der Waals surface area contributed by atoms with Gasteiger partial charge in [0, 0.05) is 25.7 Å². The van der Waals surface area contributed by atoms with E-state index in [-0.39, 0.29) is 5.54 Å². The summed E-state index contributed by atoms with van der Waals surface area (Å²) in [6, 6.07) is 11.5. The number of carbonyl (C=O) groups is 1. The largest absolute Gasteiger partial charge is 0.497 e. The minimum Gasteiger partial charge on any atom is -0.497 e. The van der Waals surface area contributed by atoms with Gasteiger partial charge in [-0.1, -0.05) is 12.1 Å². The van der Waals surface area contributed by atoms with Gasteiger partial charge < -0.3 is 20.5 Å². The first kappa shape index (κ1) is 20.0. The first-order valence-corrected chi connectivity index (χ1v) is 9.83. The minimum atomic E-state index is -0.495. The van der Waals surface area contributed by atoms with Crippen LogP contribution >= 0.6 is 0 Å². The molecule has 1 amide bonds. The normalized spacial score (nSPS) is 17.8. The van der Waals surface area contributed by atoms with Gasteiger partial charge in [-0.25, -0.2) is 4.98 Å². The fraction of sp³-hybridized carbons (Fsp3) is 0.364. The Labute approximate surface area is 175 Å². The predicted molar refractivity (Wildman–Crippen MR) is 116 cm³/mol. The molecule has 1 atom stereocenters. The van der Waals surface area contributed by atoms with Crippen LogP contribution < -0.4 is 20.5 Å². The molecule has 0 radical (unpaired) electrons. The summed E-state index contributed by atoms with van der Waals surface area (Å²) in [6.45, 7) is 4.15. The molecule has 0 spiro atoms. The zero-order chi connectivity index (χ0) is 21.5. The van der Waals surface area contributed by atoms with Gasteiger partial charge in [0.2, 0.25) is 11.9 Å². The number of hydrogen-bond acceptors (Lipinski definition) is 6. The molecule has 8 heteroatoms. The van der Waals surface area contributed by atoms with Crippen molar-refractivity contribution in [2.45, 2.75) is 19.0 Å². The number of nitrogens with one attached hydrogen (secondary N) is 1. The molecule has 1 unspecified atom stereocenters. The molecule has 0 aliphatic carbocycles. The van der Waals surface area contributed by atoms with Crippen molar-refractivity contribution in [1.29, 1.82) is 0 Å². The quantitative estimate of drug-likeness (QED) is 0.622. The molecule has 8 nitrogen and oxygen atoms in total. The number of imidazole rings is 1. The Balaban J connectivity index is 1.66. The lowest BCUT2D eigenvalue weighted by Crippen LogP contribution is -2.48. The second-order valence-corrected chi connectivity index (χ2v) is 8.03. The molecule has 158 valence electrons. The molecule has 3 aromatic rings. The maximum Gasteiger partial charge on any atom is 0.248 e. The molecular formula is C22H27N5O3. The van der Waals surface area contributed by atoms with Gasteiger partial charge in [0.15, 0.2) is 0 Å². The van der Waals surface area contributed by atoms with Gasteiger partial charge in [-0.15, -0.1) is 0 Å². The molecule has 0 fully saturated rings. The SMILES string of the molecule is CNc1nc2cc(C(N)=O)cc3c2n1C(C)(CN(C)Cc1ccc(OC)cc1)CO3. The van der Waals surface area contributed by atoms with Crippen LogP contribution in [0.5, 0.6) is 11.5 Å². The summed E-state index contributed by atoms with van der Waals surface area (Å²) >= 11 is 0. The maximum absolute atomic E-state index is 11.7. The molecule has 2 heterocycles. The van der Waals surface area contributed by atoms with E-state index < -0.39 is 5.91 Å². The molecule has 30 heavy (non-hydrogen) atoms. The topological polar surface area (TPSA) is 94.6 Å². The van der Waals surface area contributed by atoms with E-state index in [2.05, 4.69) is 45.9 Å². The summed E-state index contributed by atoms with van der Waals surface area (Å²) < 4.78 is 13.5. The van der Waals surface area contributed by atoms with E-state index >= 15 is 0 Å². The Morgan fingerprint density at radius 3 is 2.73 bits per heavy atom. The molecule has 1 aliphatic heterocycles. The van der Waals surface area contributed by atoms with Crippen molar-refractivity contribution >= 4 is 22.9 Å². The van der Waals surface area contributed by atoms with Crippen LogP contribution in [0.15, 0.2) is 36.4 Å². The number of aromatic nitrogens is 2. The summed E-state index contributed by atoms with van der Waals surface area (Å²) in [6.07, 6.45) is 0. The molecule has 0 bridgehead atoms. The summed E-state index contributed by atoms with van der Waals surface area (Å²) in [4.78, 5) is 18.6. The molecule has 3 N–H and O–H groups in total. The van der Waals surface area contributed by atoms with Crippen LogP contribution in [-0.2, 0) is 12.1 Å². The third kappa shape index (κ3) is 3.43. The third-order valence-electron chi connectivity index (χ3n) is 5.53. The van der Waals surface area contributed by atoms with E-state index in [1.807, 2.05) is 19.2 Å². The van der Waals surface area contributed by atoms with E-state index in [1.165, 1.54) is 5.56 Å². The molecule has 0 saturated carbocycles. The van der Waals surface area contributed by atoms with E-state index in [1.54, 1.807) is 19.2 Å². The number of nitrogens with two attached hydrogens (primary N) is 1. The monoisotopic (exact) mass is 409 g/mol. The Bertz CT molecular complexity index is 1090. The van der Waals surface area contributed by atoms with Gasteiger partial charge in [-0.05, 0) is 43.8 Å². The number of primary amides is 1. The molecule has 4 rings (SSSR count). The van der Waals surface area contributed by atoms with Crippen LogP contribution in [0.3, 0.4) is 0 Å². The number of amides is 1. The highest BCUT2D eigenvalue weighted by Crippen LogP contribution is 2.39. The van der Waals surface area contributed by atoms with Crippen LogP contribution in [0.4, 0.5) is 5.95 Å². The highest BCUT2D eigenvalue weighted by Gasteiger charge is 2.38. The summed E-state index contributed by atoms with van der Waals surface area (Å²) in [7, 11) is 5.60. The standard InChI is InChI=1S/C22H27N5O3/c1-22(12-26(3)11-14-5-7-16(29-4)8-6-14)13-30-18-10-15(20(23)28)9-17-19(18)27(22)21(24-2)25-17/h5-10H,11-13H2,1-4H3,(H2,23,28)(H,24,25). The third-order valence-corrected chi connectivity index (χ3v) is 5.53. The van der Waals surface area contributed by atoms with Crippen LogP contribution in [0.2, 0.25) is 0 Å². The van der Waals surface area contributed by atoms with Crippen molar-refractivity contribution < 1.29 is 14.3 Å². The van der Waals surface area contributed by atoms with Gasteiger partial charge >= 0.3 is 0 Å². The Kier molecular flexibility index (Phi) is 5.03.